The first kappa shape index (κ1) is 14.0. The van der Waals surface area contributed by atoms with Crippen molar-refractivity contribution in [3.8, 4) is 0 Å². The quantitative estimate of drug-likeness (QED) is 0.802. The molecule has 0 bridgehead atoms. The van der Waals surface area contributed by atoms with Gasteiger partial charge in [-0.15, -0.1) is 22.7 Å². The fourth-order valence-electron chi connectivity index (χ4n) is 2.21. The molecule has 3 aromatic rings. The first-order valence-corrected chi connectivity index (χ1v) is 8.01. The molecule has 0 fully saturated rings. The van der Waals surface area contributed by atoms with Crippen LogP contribution in [-0.2, 0) is 13.0 Å². The predicted molar refractivity (Wildman–Crippen MR) is 83.6 cm³/mol. The maximum Gasteiger partial charge on any atom is 0.346 e. The highest BCUT2D eigenvalue weighted by Crippen LogP contribution is 2.26. The largest absolute Gasteiger partial charge is 0.477 e. The number of carboxylic acids is 1. The molecule has 0 aromatic carbocycles. The molecule has 21 heavy (non-hydrogen) atoms. The van der Waals surface area contributed by atoms with E-state index in [1.807, 2.05) is 17.5 Å². The number of thiophene rings is 2. The van der Waals surface area contributed by atoms with Gasteiger partial charge >= 0.3 is 5.97 Å². The van der Waals surface area contributed by atoms with Crippen LogP contribution in [0.25, 0.3) is 10.2 Å². The molecule has 0 spiro atoms. The Labute approximate surface area is 128 Å². The summed E-state index contributed by atoms with van der Waals surface area (Å²) in [4.78, 5) is 29.7. The number of hydrogen-bond acceptors (Lipinski definition) is 5. The minimum absolute atomic E-state index is 0.169. The number of carboxylic acid groups (broad SMARTS) is 1. The Morgan fingerprint density at radius 2 is 2.29 bits per heavy atom. The van der Waals surface area contributed by atoms with Crippen LogP contribution >= 0.6 is 22.7 Å². The zero-order valence-electron chi connectivity index (χ0n) is 11.2. The third kappa shape index (κ3) is 2.50. The Bertz CT molecular complexity index is 862. The topological polar surface area (TPSA) is 72.2 Å². The van der Waals surface area contributed by atoms with Crippen LogP contribution < -0.4 is 5.56 Å². The highest BCUT2D eigenvalue weighted by Gasteiger charge is 2.18. The number of carbonyl (C=O) groups is 1. The van der Waals surface area contributed by atoms with Crippen molar-refractivity contribution < 1.29 is 9.90 Å². The monoisotopic (exact) mass is 320 g/mol. The summed E-state index contributed by atoms with van der Waals surface area (Å²) in [5.74, 6) is -1.01. The summed E-state index contributed by atoms with van der Waals surface area (Å²) in [6.45, 7) is 2.20. The van der Waals surface area contributed by atoms with Crippen molar-refractivity contribution in [3.05, 3.63) is 49.5 Å². The van der Waals surface area contributed by atoms with E-state index >= 15 is 0 Å². The smallest absolute Gasteiger partial charge is 0.346 e. The molecule has 0 saturated heterocycles. The van der Waals surface area contributed by atoms with Crippen molar-refractivity contribution in [2.45, 2.75) is 19.9 Å². The van der Waals surface area contributed by atoms with E-state index in [0.29, 0.717) is 22.3 Å². The van der Waals surface area contributed by atoms with E-state index in [-0.39, 0.29) is 10.4 Å². The third-order valence-electron chi connectivity index (χ3n) is 3.29. The summed E-state index contributed by atoms with van der Waals surface area (Å²) in [7, 11) is 0. The molecule has 0 aliphatic rings. The Kier molecular flexibility index (Phi) is 3.60. The van der Waals surface area contributed by atoms with Crippen LogP contribution in [0.1, 0.15) is 20.1 Å². The van der Waals surface area contributed by atoms with Gasteiger partial charge in [0.15, 0.2) is 0 Å². The van der Waals surface area contributed by atoms with Gasteiger partial charge < -0.3 is 5.11 Å². The lowest BCUT2D eigenvalue weighted by molar-refractivity contribution is 0.0701. The Hall–Kier alpha value is -1.99. The zero-order valence-corrected chi connectivity index (χ0v) is 12.8. The summed E-state index contributed by atoms with van der Waals surface area (Å²) in [5, 5.41) is 11.6. The molecule has 3 aromatic heterocycles. The molecule has 5 nitrogen and oxygen atoms in total. The molecule has 0 unspecified atom stereocenters. The lowest BCUT2D eigenvalue weighted by Crippen LogP contribution is -2.21. The molecule has 1 N–H and O–H groups in total. The second-order valence-corrected chi connectivity index (χ2v) is 6.65. The summed E-state index contributed by atoms with van der Waals surface area (Å²) in [6, 6.07) is 4.01. The molecular weight excluding hydrogens is 308 g/mol. The maximum absolute atomic E-state index is 12.5. The van der Waals surface area contributed by atoms with Crippen molar-refractivity contribution in [1.82, 2.24) is 9.55 Å². The van der Waals surface area contributed by atoms with Gasteiger partial charge in [0.25, 0.3) is 5.56 Å². The van der Waals surface area contributed by atoms with Crippen molar-refractivity contribution in [2.75, 3.05) is 0 Å². The lowest BCUT2D eigenvalue weighted by atomic mass is 10.2. The number of hydrogen-bond donors (Lipinski definition) is 1. The molecule has 0 aliphatic carbocycles. The lowest BCUT2D eigenvalue weighted by Gasteiger charge is -2.04. The van der Waals surface area contributed by atoms with Gasteiger partial charge in [0.1, 0.15) is 9.71 Å². The maximum atomic E-state index is 12.5. The van der Waals surface area contributed by atoms with E-state index in [0.717, 1.165) is 17.8 Å². The number of nitrogens with zero attached hydrogens (tertiary/aromatic N) is 2. The van der Waals surface area contributed by atoms with Crippen LogP contribution in [-0.4, -0.2) is 20.6 Å². The molecule has 3 heterocycles. The first-order chi connectivity index (χ1) is 10.1. The van der Waals surface area contributed by atoms with E-state index in [1.165, 1.54) is 11.2 Å². The first-order valence-electron chi connectivity index (χ1n) is 6.32. The van der Waals surface area contributed by atoms with E-state index in [1.54, 1.807) is 22.8 Å². The second-order valence-electron chi connectivity index (χ2n) is 4.61. The third-order valence-corrected chi connectivity index (χ3v) is 5.41. The van der Waals surface area contributed by atoms with Gasteiger partial charge in [0.2, 0.25) is 0 Å². The van der Waals surface area contributed by atoms with Gasteiger partial charge in [0.05, 0.1) is 11.7 Å². The zero-order chi connectivity index (χ0) is 15.0. The summed E-state index contributed by atoms with van der Waals surface area (Å²) in [5.41, 5.74) is 0.336. The van der Waals surface area contributed by atoms with Crippen molar-refractivity contribution in [3.63, 3.8) is 0 Å². The average Bonchev–Trinajstić information content (AvgIpc) is 3.06. The van der Waals surface area contributed by atoms with E-state index in [2.05, 4.69) is 4.98 Å². The van der Waals surface area contributed by atoms with Crippen molar-refractivity contribution >= 4 is 38.9 Å². The van der Waals surface area contributed by atoms with Crippen LogP contribution in [0.2, 0.25) is 0 Å². The minimum Gasteiger partial charge on any atom is -0.477 e. The van der Waals surface area contributed by atoms with Crippen molar-refractivity contribution in [2.24, 2.45) is 0 Å². The summed E-state index contributed by atoms with van der Waals surface area (Å²) >= 11 is 2.70. The van der Waals surface area contributed by atoms with E-state index in [4.69, 9.17) is 5.11 Å². The Balaban J connectivity index is 2.01. The highest BCUT2D eigenvalue weighted by atomic mass is 32.1. The predicted octanol–water partition coefficient (Wildman–Crippen LogP) is 2.77. The molecule has 0 atom stereocenters. The molecule has 0 radical (unpaired) electrons. The number of fused-ring (bicyclic) bond motifs is 1. The van der Waals surface area contributed by atoms with Crippen LogP contribution in [0.4, 0.5) is 0 Å². The number of aryl methyl sites for hydroxylation is 3. The molecule has 7 heteroatoms. The van der Waals surface area contributed by atoms with Gasteiger partial charge in [-0.05, 0) is 30.4 Å². The summed E-state index contributed by atoms with van der Waals surface area (Å²) < 4.78 is 1.55. The fraction of sp³-hybridized carbons (Fsp3) is 0.214. The summed E-state index contributed by atoms with van der Waals surface area (Å²) in [6.07, 6.45) is 2.26. The van der Waals surface area contributed by atoms with Gasteiger partial charge in [-0.3, -0.25) is 9.36 Å². The standard InChI is InChI=1S/C14H12N2O3S2/c1-8-10-12(21-11(8)14(18)19)15-7-16(13(10)17)5-4-9-3-2-6-20-9/h2-3,6-7H,4-5H2,1H3,(H,18,19). The Morgan fingerprint density at radius 3 is 2.95 bits per heavy atom. The molecule has 0 saturated carbocycles. The fourth-order valence-corrected chi connectivity index (χ4v) is 3.88. The minimum atomic E-state index is -1.01. The van der Waals surface area contributed by atoms with Gasteiger partial charge in [-0.1, -0.05) is 6.07 Å². The SMILES string of the molecule is Cc1c(C(=O)O)sc2ncn(CCc3cccs3)c(=O)c12. The van der Waals surface area contributed by atoms with Crippen LogP contribution in [0.15, 0.2) is 28.6 Å². The van der Waals surface area contributed by atoms with E-state index in [9.17, 15) is 9.59 Å². The van der Waals surface area contributed by atoms with Gasteiger partial charge in [-0.2, -0.15) is 0 Å². The van der Waals surface area contributed by atoms with Gasteiger partial charge in [0, 0.05) is 11.4 Å². The molecule has 108 valence electrons. The highest BCUT2D eigenvalue weighted by molar-refractivity contribution is 7.20. The molecular formula is C14H12N2O3S2. The number of rotatable bonds is 4. The van der Waals surface area contributed by atoms with Crippen LogP contribution in [0.5, 0.6) is 0 Å². The van der Waals surface area contributed by atoms with Crippen LogP contribution in [0.3, 0.4) is 0 Å². The normalized spacial score (nSPS) is 11.1. The number of aromatic nitrogens is 2. The van der Waals surface area contributed by atoms with Gasteiger partial charge in [-0.25, -0.2) is 9.78 Å². The number of aromatic carboxylic acids is 1. The second kappa shape index (κ2) is 5.42. The molecule has 0 amide bonds. The molecule has 0 aliphatic heterocycles. The van der Waals surface area contributed by atoms with Crippen molar-refractivity contribution in [1.29, 1.82) is 0 Å². The Morgan fingerprint density at radius 1 is 1.48 bits per heavy atom. The average molecular weight is 320 g/mol. The van der Waals surface area contributed by atoms with Crippen LogP contribution in [0, 0.1) is 6.92 Å². The molecule has 3 rings (SSSR count). The van der Waals surface area contributed by atoms with E-state index < -0.39 is 5.97 Å².